The largest absolute Gasteiger partial charge is 0.324 e. The third-order valence-corrected chi connectivity index (χ3v) is 7.98. The fourth-order valence-corrected chi connectivity index (χ4v) is 5.47. The normalized spacial score (nSPS) is 16.1. The molecule has 2 aromatic carbocycles. The van der Waals surface area contributed by atoms with E-state index in [9.17, 15) is 12.8 Å². The quantitative estimate of drug-likeness (QED) is 0.513. The summed E-state index contributed by atoms with van der Waals surface area (Å²) in [4.78, 5) is 8.98. The summed E-state index contributed by atoms with van der Waals surface area (Å²) < 4.78 is 38.9. The van der Waals surface area contributed by atoms with Gasteiger partial charge in [-0.3, -0.25) is 0 Å². The SMILES string of the molecule is CC(F)c1ccc(/C=C/c2cnc(Nc3ccc(S(=O)(=O)C4CCNCC4)cc3)nc2)cc1. The first-order valence-corrected chi connectivity index (χ1v) is 12.5. The maximum absolute atomic E-state index is 13.3. The van der Waals surface area contributed by atoms with Gasteiger partial charge in [-0.2, -0.15) is 0 Å². The zero-order chi connectivity index (χ0) is 23.3. The van der Waals surface area contributed by atoms with Gasteiger partial charge in [0.05, 0.1) is 10.1 Å². The fourth-order valence-electron chi connectivity index (χ4n) is 3.71. The molecule has 6 nitrogen and oxygen atoms in total. The number of rotatable bonds is 7. The van der Waals surface area contributed by atoms with E-state index in [1.54, 1.807) is 48.8 Å². The van der Waals surface area contributed by atoms with Crippen molar-refractivity contribution in [3.63, 3.8) is 0 Å². The second kappa shape index (κ2) is 10.2. The summed E-state index contributed by atoms with van der Waals surface area (Å²) in [6, 6.07) is 14.0. The summed E-state index contributed by atoms with van der Waals surface area (Å²) in [5, 5.41) is 5.96. The van der Waals surface area contributed by atoms with Crippen LogP contribution < -0.4 is 10.6 Å². The number of anilines is 2. The molecule has 0 aliphatic carbocycles. The minimum absolute atomic E-state index is 0.327. The monoisotopic (exact) mass is 466 g/mol. The Morgan fingerprint density at radius 2 is 1.58 bits per heavy atom. The van der Waals surface area contributed by atoms with Crippen LogP contribution in [-0.4, -0.2) is 36.7 Å². The summed E-state index contributed by atoms with van der Waals surface area (Å²) in [6.07, 6.45) is 7.49. The molecule has 2 N–H and O–H groups in total. The van der Waals surface area contributed by atoms with Gasteiger partial charge in [-0.05, 0) is 68.2 Å². The number of nitrogens with one attached hydrogen (secondary N) is 2. The number of nitrogens with zero attached hydrogens (tertiary/aromatic N) is 2. The lowest BCUT2D eigenvalue weighted by Crippen LogP contribution is -2.35. The van der Waals surface area contributed by atoms with Crippen molar-refractivity contribution in [2.24, 2.45) is 0 Å². The van der Waals surface area contributed by atoms with Gasteiger partial charge >= 0.3 is 0 Å². The molecule has 0 spiro atoms. The number of benzene rings is 2. The van der Waals surface area contributed by atoms with Gasteiger partial charge in [0, 0.05) is 23.6 Å². The summed E-state index contributed by atoms with van der Waals surface area (Å²) in [7, 11) is -3.32. The third kappa shape index (κ3) is 5.83. The summed E-state index contributed by atoms with van der Waals surface area (Å²) in [5.74, 6) is 0.419. The van der Waals surface area contributed by atoms with E-state index in [1.165, 1.54) is 6.92 Å². The molecule has 0 radical (unpaired) electrons. The number of hydrogen-bond acceptors (Lipinski definition) is 6. The van der Waals surface area contributed by atoms with Crippen LogP contribution in [0.5, 0.6) is 0 Å². The second-order valence-corrected chi connectivity index (χ2v) is 10.3. The molecule has 1 fully saturated rings. The Morgan fingerprint density at radius 1 is 0.970 bits per heavy atom. The van der Waals surface area contributed by atoms with Gasteiger partial charge in [-0.15, -0.1) is 0 Å². The van der Waals surface area contributed by atoms with Gasteiger partial charge in [0.2, 0.25) is 5.95 Å². The molecular weight excluding hydrogens is 439 g/mol. The van der Waals surface area contributed by atoms with Crippen LogP contribution in [0.25, 0.3) is 12.2 Å². The minimum Gasteiger partial charge on any atom is -0.324 e. The molecule has 172 valence electrons. The molecule has 1 unspecified atom stereocenters. The number of hydrogen-bond donors (Lipinski definition) is 2. The Labute approximate surface area is 193 Å². The minimum atomic E-state index is -3.32. The molecule has 4 rings (SSSR count). The van der Waals surface area contributed by atoms with E-state index in [4.69, 9.17) is 0 Å². The van der Waals surface area contributed by atoms with Gasteiger partial charge in [0.25, 0.3) is 0 Å². The zero-order valence-electron chi connectivity index (χ0n) is 18.4. The lowest BCUT2D eigenvalue weighted by atomic mass is 10.1. The maximum Gasteiger partial charge on any atom is 0.227 e. The molecule has 0 amide bonds. The standard InChI is InChI=1S/C25H27FN4O2S/c1-18(26)21-6-4-19(5-7-21)2-3-20-16-28-25(29-17-20)30-22-8-10-23(11-9-22)33(31,32)24-12-14-27-15-13-24/h2-11,16-18,24,27H,12-15H2,1H3,(H,28,29,30)/b3-2+. The van der Waals surface area contributed by atoms with Crippen molar-refractivity contribution in [3.8, 4) is 0 Å². The highest BCUT2D eigenvalue weighted by Crippen LogP contribution is 2.24. The summed E-state index contributed by atoms with van der Waals surface area (Å²) in [5.41, 5.74) is 3.15. The van der Waals surface area contributed by atoms with E-state index < -0.39 is 16.0 Å². The van der Waals surface area contributed by atoms with Crippen molar-refractivity contribution in [2.45, 2.75) is 36.1 Å². The molecule has 3 aromatic rings. The van der Waals surface area contributed by atoms with E-state index in [2.05, 4.69) is 20.6 Å². The van der Waals surface area contributed by atoms with Gasteiger partial charge in [0.15, 0.2) is 9.84 Å². The average molecular weight is 467 g/mol. The van der Waals surface area contributed by atoms with Crippen molar-refractivity contribution in [2.75, 3.05) is 18.4 Å². The Bertz CT molecular complexity index is 1190. The van der Waals surface area contributed by atoms with Crippen molar-refractivity contribution >= 4 is 33.6 Å². The summed E-state index contributed by atoms with van der Waals surface area (Å²) in [6.45, 7) is 2.98. The molecule has 1 aliphatic heterocycles. The highest BCUT2D eigenvalue weighted by atomic mass is 32.2. The van der Waals surface area contributed by atoms with Crippen LogP contribution in [0.4, 0.5) is 16.0 Å². The molecule has 2 heterocycles. The van der Waals surface area contributed by atoms with Crippen LogP contribution >= 0.6 is 0 Å². The Hall–Kier alpha value is -3.10. The number of aromatic nitrogens is 2. The van der Waals surface area contributed by atoms with E-state index >= 15 is 0 Å². The highest BCUT2D eigenvalue weighted by Gasteiger charge is 2.28. The van der Waals surface area contributed by atoms with E-state index in [0.29, 0.717) is 34.9 Å². The average Bonchev–Trinajstić information content (AvgIpc) is 2.85. The topological polar surface area (TPSA) is 84.0 Å². The smallest absolute Gasteiger partial charge is 0.227 e. The Balaban J connectivity index is 1.37. The van der Waals surface area contributed by atoms with Crippen molar-refractivity contribution in [1.82, 2.24) is 15.3 Å². The van der Waals surface area contributed by atoms with Crippen LogP contribution in [0.15, 0.2) is 65.8 Å². The zero-order valence-corrected chi connectivity index (χ0v) is 19.2. The molecular formula is C25H27FN4O2S. The first-order valence-electron chi connectivity index (χ1n) is 11.0. The number of piperidine rings is 1. The lowest BCUT2D eigenvalue weighted by molar-refractivity contribution is 0.374. The van der Waals surface area contributed by atoms with Crippen molar-refractivity contribution in [1.29, 1.82) is 0 Å². The molecule has 1 atom stereocenters. The second-order valence-electron chi connectivity index (χ2n) is 8.10. The van der Waals surface area contributed by atoms with Crippen LogP contribution in [-0.2, 0) is 9.84 Å². The predicted octanol–water partition coefficient (Wildman–Crippen LogP) is 4.95. The number of sulfone groups is 1. The molecule has 1 aromatic heterocycles. The number of halogens is 1. The van der Waals surface area contributed by atoms with E-state index in [0.717, 1.165) is 24.2 Å². The first kappa shape index (κ1) is 23.1. The first-order chi connectivity index (χ1) is 15.9. The van der Waals surface area contributed by atoms with Crippen molar-refractivity contribution < 1.29 is 12.8 Å². The maximum atomic E-state index is 13.3. The van der Waals surface area contributed by atoms with Gasteiger partial charge in [-0.25, -0.2) is 22.8 Å². The molecule has 0 bridgehead atoms. The summed E-state index contributed by atoms with van der Waals surface area (Å²) >= 11 is 0. The molecule has 1 aliphatic rings. The van der Waals surface area contributed by atoms with Crippen LogP contribution in [0.1, 0.15) is 42.6 Å². The lowest BCUT2D eigenvalue weighted by Gasteiger charge is -2.22. The molecule has 8 heteroatoms. The molecule has 0 saturated carbocycles. The van der Waals surface area contributed by atoms with Crippen LogP contribution in [0, 0.1) is 0 Å². The van der Waals surface area contributed by atoms with E-state index in [-0.39, 0.29) is 5.25 Å². The molecule has 1 saturated heterocycles. The third-order valence-electron chi connectivity index (χ3n) is 5.70. The Morgan fingerprint density at radius 3 is 2.18 bits per heavy atom. The number of alkyl halides is 1. The van der Waals surface area contributed by atoms with Gasteiger partial charge < -0.3 is 10.6 Å². The fraction of sp³-hybridized carbons (Fsp3) is 0.280. The molecule has 33 heavy (non-hydrogen) atoms. The van der Waals surface area contributed by atoms with Crippen LogP contribution in [0.3, 0.4) is 0 Å². The van der Waals surface area contributed by atoms with E-state index in [1.807, 2.05) is 24.3 Å². The predicted molar refractivity (Wildman–Crippen MR) is 130 cm³/mol. The van der Waals surface area contributed by atoms with Crippen molar-refractivity contribution in [3.05, 3.63) is 77.6 Å². The van der Waals surface area contributed by atoms with Gasteiger partial charge in [-0.1, -0.05) is 36.4 Å². The highest BCUT2D eigenvalue weighted by molar-refractivity contribution is 7.92. The van der Waals surface area contributed by atoms with Crippen LogP contribution in [0.2, 0.25) is 0 Å². The van der Waals surface area contributed by atoms with Gasteiger partial charge in [0.1, 0.15) is 6.17 Å². The Kier molecular flexibility index (Phi) is 7.15.